The van der Waals surface area contributed by atoms with Crippen LogP contribution in [0.1, 0.15) is 25.5 Å². The first-order chi connectivity index (χ1) is 9.29. The molecule has 0 spiro atoms. The summed E-state index contributed by atoms with van der Waals surface area (Å²) < 4.78 is 39.3. The van der Waals surface area contributed by atoms with Crippen LogP contribution in [0.15, 0.2) is 12.7 Å². The van der Waals surface area contributed by atoms with Gasteiger partial charge < -0.3 is 0 Å². The molecule has 10 heteroatoms. The van der Waals surface area contributed by atoms with E-state index < -0.39 is 18.0 Å². The quantitative estimate of drug-likeness (QED) is 0.838. The first kappa shape index (κ1) is 14.2. The Bertz CT molecular complexity index is 601. The van der Waals surface area contributed by atoms with E-state index in [0.29, 0.717) is 4.68 Å². The lowest BCUT2D eigenvalue weighted by Gasteiger charge is -2.05. The monoisotopic (exact) mass is 288 g/mol. The molecule has 0 aliphatic carbocycles. The highest BCUT2D eigenvalue weighted by atomic mass is 19.4. The molecule has 2 aromatic heterocycles. The first-order valence-electron chi connectivity index (χ1n) is 5.71. The summed E-state index contributed by atoms with van der Waals surface area (Å²) in [5.74, 6) is -1.39. The van der Waals surface area contributed by atoms with E-state index in [0.717, 1.165) is 17.3 Å². The minimum Gasteiger partial charge on any atom is -0.243 e. The largest absolute Gasteiger partial charge is 0.453 e. The Morgan fingerprint density at radius 3 is 2.60 bits per heavy atom. The van der Waals surface area contributed by atoms with Crippen molar-refractivity contribution in [2.24, 2.45) is 5.92 Å². The Kier molecular flexibility index (Phi) is 3.55. The standard InChI is InChI=1S/C10H11F3N6O/c1-6(2)3-7-16-8(10(11,12)13)17-19(7)9(20)18-5-14-4-15-18/h4-6H,3H2,1-2H3. The minimum absolute atomic E-state index is 0.0163. The third kappa shape index (κ3) is 2.83. The minimum atomic E-state index is -4.71. The molecule has 0 unspecified atom stereocenters. The molecule has 0 saturated carbocycles. The van der Waals surface area contributed by atoms with E-state index in [9.17, 15) is 18.0 Å². The molecule has 0 N–H and O–H groups in total. The smallest absolute Gasteiger partial charge is 0.243 e. The Labute approximate surface area is 111 Å². The topological polar surface area (TPSA) is 78.5 Å². The van der Waals surface area contributed by atoms with Crippen molar-refractivity contribution in [3.8, 4) is 0 Å². The highest BCUT2D eigenvalue weighted by Gasteiger charge is 2.38. The van der Waals surface area contributed by atoms with Crippen LogP contribution in [0.2, 0.25) is 0 Å². The van der Waals surface area contributed by atoms with Crippen molar-refractivity contribution in [1.29, 1.82) is 0 Å². The van der Waals surface area contributed by atoms with Crippen LogP contribution in [0.5, 0.6) is 0 Å². The van der Waals surface area contributed by atoms with Crippen molar-refractivity contribution < 1.29 is 18.0 Å². The molecule has 7 nitrogen and oxygen atoms in total. The van der Waals surface area contributed by atoms with Gasteiger partial charge in [0, 0.05) is 6.42 Å². The average Bonchev–Trinajstić information content (AvgIpc) is 2.94. The third-order valence-electron chi connectivity index (χ3n) is 2.31. The second-order valence-corrected chi connectivity index (χ2v) is 4.48. The van der Waals surface area contributed by atoms with Crippen LogP contribution >= 0.6 is 0 Å². The molecule has 2 heterocycles. The number of hydrogen-bond acceptors (Lipinski definition) is 5. The Balaban J connectivity index is 2.44. The Hall–Kier alpha value is -2.26. The fourth-order valence-corrected chi connectivity index (χ4v) is 1.52. The Morgan fingerprint density at radius 2 is 2.10 bits per heavy atom. The van der Waals surface area contributed by atoms with Crippen LogP contribution in [0.25, 0.3) is 0 Å². The lowest BCUT2D eigenvalue weighted by molar-refractivity contribution is -0.144. The van der Waals surface area contributed by atoms with Gasteiger partial charge in [0.05, 0.1) is 0 Å². The summed E-state index contributed by atoms with van der Waals surface area (Å²) in [6, 6.07) is -0.860. The molecule has 108 valence electrons. The molecular weight excluding hydrogens is 277 g/mol. The van der Waals surface area contributed by atoms with Gasteiger partial charge in [-0.2, -0.15) is 27.6 Å². The van der Waals surface area contributed by atoms with Gasteiger partial charge in [0.25, 0.3) is 5.82 Å². The predicted octanol–water partition coefficient (Wildman–Crippen LogP) is 1.60. The average molecular weight is 288 g/mol. The van der Waals surface area contributed by atoms with Gasteiger partial charge in [-0.1, -0.05) is 13.8 Å². The zero-order valence-corrected chi connectivity index (χ0v) is 10.7. The van der Waals surface area contributed by atoms with Crippen molar-refractivity contribution in [2.45, 2.75) is 26.4 Å². The molecule has 0 aromatic carbocycles. The summed E-state index contributed by atoms with van der Waals surface area (Å²) in [6.07, 6.45) is -2.35. The number of nitrogens with zero attached hydrogens (tertiary/aromatic N) is 6. The summed E-state index contributed by atoms with van der Waals surface area (Å²) in [6.45, 7) is 3.60. The van der Waals surface area contributed by atoms with Crippen LogP contribution in [0.3, 0.4) is 0 Å². The zero-order valence-electron chi connectivity index (χ0n) is 10.7. The normalized spacial score (nSPS) is 12.1. The summed E-state index contributed by atoms with van der Waals surface area (Å²) in [5.41, 5.74) is 0. The summed E-state index contributed by atoms with van der Waals surface area (Å²) in [5, 5.41) is 6.80. The van der Waals surface area contributed by atoms with Gasteiger partial charge in [-0.15, -0.1) is 5.10 Å². The van der Waals surface area contributed by atoms with Crippen molar-refractivity contribution in [3.05, 3.63) is 24.3 Å². The van der Waals surface area contributed by atoms with Crippen molar-refractivity contribution in [2.75, 3.05) is 0 Å². The highest BCUT2D eigenvalue weighted by molar-refractivity contribution is 5.77. The Morgan fingerprint density at radius 1 is 1.40 bits per heavy atom. The molecule has 2 aromatic rings. The van der Waals surface area contributed by atoms with Crippen LogP contribution < -0.4 is 0 Å². The summed E-state index contributed by atoms with van der Waals surface area (Å²) in [7, 11) is 0. The molecule has 0 aliphatic heterocycles. The van der Waals surface area contributed by atoms with Crippen LogP contribution in [0.4, 0.5) is 18.0 Å². The molecule has 0 fully saturated rings. The third-order valence-corrected chi connectivity index (χ3v) is 2.31. The number of carbonyl (C=O) groups is 1. The van der Waals surface area contributed by atoms with E-state index in [1.807, 2.05) is 0 Å². The number of alkyl halides is 3. The van der Waals surface area contributed by atoms with Gasteiger partial charge in [0.15, 0.2) is 0 Å². The van der Waals surface area contributed by atoms with Crippen LogP contribution in [0, 0.1) is 5.92 Å². The predicted molar refractivity (Wildman–Crippen MR) is 59.8 cm³/mol. The molecular formula is C10H11F3N6O. The van der Waals surface area contributed by atoms with E-state index in [-0.39, 0.29) is 18.2 Å². The molecule has 20 heavy (non-hydrogen) atoms. The fourth-order valence-electron chi connectivity index (χ4n) is 1.52. The molecule has 0 saturated heterocycles. The fraction of sp³-hybridized carbons (Fsp3) is 0.500. The van der Waals surface area contributed by atoms with E-state index >= 15 is 0 Å². The molecule has 0 radical (unpaired) electrons. The second kappa shape index (κ2) is 5.02. The van der Waals surface area contributed by atoms with Gasteiger partial charge in [-0.3, -0.25) is 0 Å². The number of rotatable bonds is 2. The van der Waals surface area contributed by atoms with Gasteiger partial charge in [0.1, 0.15) is 18.5 Å². The SMILES string of the molecule is CC(C)Cc1nc(C(F)(F)F)nn1C(=O)n1cncn1. The van der Waals surface area contributed by atoms with Crippen LogP contribution in [-0.4, -0.2) is 35.6 Å². The lowest BCUT2D eigenvalue weighted by Crippen LogP contribution is -2.24. The van der Waals surface area contributed by atoms with Gasteiger partial charge in [-0.25, -0.2) is 14.8 Å². The second-order valence-electron chi connectivity index (χ2n) is 4.48. The van der Waals surface area contributed by atoms with Crippen molar-refractivity contribution in [1.82, 2.24) is 29.5 Å². The zero-order chi connectivity index (χ0) is 14.9. The molecule has 2 rings (SSSR count). The molecule has 0 amide bonds. The molecule has 0 aliphatic rings. The highest BCUT2D eigenvalue weighted by Crippen LogP contribution is 2.26. The van der Waals surface area contributed by atoms with Crippen molar-refractivity contribution >= 4 is 6.03 Å². The number of carbonyl (C=O) groups excluding carboxylic acids is 1. The van der Waals surface area contributed by atoms with Crippen LogP contribution in [-0.2, 0) is 12.6 Å². The van der Waals surface area contributed by atoms with E-state index in [2.05, 4.69) is 20.2 Å². The van der Waals surface area contributed by atoms with E-state index in [4.69, 9.17) is 0 Å². The molecule has 0 bridgehead atoms. The molecule has 0 atom stereocenters. The van der Waals surface area contributed by atoms with Gasteiger partial charge in [0.2, 0.25) is 0 Å². The van der Waals surface area contributed by atoms with Gasteiger partial charge >= 0.3 is 12.2 Å². The maximum Gasteiger partial charge on any atom is 0.453 e. The lowest BCUT2D eigenvalue weighted by atomic mass is 10.1. The van der Waals surface area contributed by atoms with Gasteiger partial charge in [-0.05, 0) is 5.92 Å². The number of aromatic nitrogens is 6. The first-order valence-corrected chi connectivity index (χ1v) is 5.71. The number of halogens is 3. The van der Waals surface area contributed by atoms with Crippen molar-refractivity contribution in [3.63, 3.8) is 0 Å². The summed E-state index contributed by atoms with van der Waals surface area (Å²) in [4.78, 5) is 19.0. The van der Waals surface area contributed by atoms with E-state index in [1.54, 1.807) is 13.8 Å². The maximum atomic E-state index is 12.6. The summed E-state index contributed by atoms with van der Waals surface area (Å²) >= 11 is 0. The maximum absolute atomic E-state index is 12.6. The number of hydrogen-bond donors (Lipinski definition) is 0. The van der Waals surface area contributed by atoms with E-state index in [1.165, 1.54) is 0 Å².